The Labute approximate surface area is 115 Å². The largest absolute Gasteiger partial charge is 0.496 e. The van der Waals surface area contributed by atoms with Gasteiger partial charge in [-0.15, -0.1) is 0 Å². The summed E-state index contributed by atoms with van der Waals surface area (Å²) in [5.74, 6) is 0.820. The van der Waals surface area contributed by atoms with Gasteiger partial charge in [0.25, 0.3) is 0 Å². The summed E-state index contributed by atoms with van der Waals surface area (Å²) in [6, 6.07) is 5.79. The number of rotatable bonds is 3. The van der Waals surface area contributed by atoms with E-state index in [9.17, 15) is 4.79 Å². The number of aryl methyl sites for hydroxylation is 1. The van der Waals surface area contributed by atoms with Crippen LogP contribution in [0.15, 0.2) is 29.8 Å². The van der Waals surface area contributed by atoms with E-state index < -0.39 is 0 Å². The maximum absolute atomic E-state index is 12.6. The smallest absolute Gasteiger partial charge is 0.192 e. The van der Waals surface area contributed by atoms with Gasteiger partial charge in [-0.2, -0.15) is 0 Å². The van der Waals surface area contributed by atoms with Crippen LogP contribution in [-0.2, 0) is 0 Å². The third-order valence-electron chi connectivity index (χ3n) is 3.68. The zero-order chi connectivity index (χ0) is 13.7. The summed E-state index contributed by atoms with van der Waals surface area (Å²) in [5.41, 5.74) is 2.76. The van der Waals surface area contributed by atoms with Crippen LogP contribution in [0.1, 0.15) is 54.4 Å². The molecular formula is C17H22O2. The molecule has 0 bridgehead atoms. The molecule has 2 rings (SSSR count). The fraction of sp³-hybridized carbons (Fsp3) is 0.471. The summed E-state index contributed by atoms with van der Waals surface area (Å²) in [7, 11) is 1.62. The van der Waals surface area contributed by atoms with E-state index in [0.29, 0.717) is 11.3 Å². The molecule has 0 amide bonds. The Bertz CT molecular complexity index is 486. The van der Waals surface area contributed by atoms with Crippen LogP contribution >= 0.6 is 0 Å². The highest BCUT2D eigenvalue weighted by Crippen LogP contribution is 2.26. The second-order valence-electron chi connectivity index (χ2n) is 5.22. The van der Waals surface area contributed by atoms with Gasteiger partial charge in [0, 0.05) is 0 Å². The molecule has 1 aliphatic carbocycles. The Morgan fingerprint density at radius 1 is 1.16 bits per heavy atom. The zero-order valence-corrected chi connectivity index (χ0v) is 11.9. The third-order valence-corrected chi connectivity index (χ3v) is 3.68. The molecule has 2 heteroatoms. The molecule has 2 nitrogen and oxygen atoms in total. The van der Waals surface area contributed by atoms with Crippen molar-refractivity contribution in [2.75, 3.05) is 7.11 Å². The van der Waals surface area contributed by atoms with Crippen molar-refractivity contribution in [3.63, 3.8) is 0 Å². The lowest BCUT2D eigenvalue weighted by Gasteiger charge is -2.13. The molecule has 0 fully saturated rings. The first kappa shape index (κ1) is 13.9. The van der Waals surface area contributed by atoms with Crippen LogP contribution in [0.3, 0.4) is 0 Å². The molecule has 0 saturated carbocycles. The lowest BCUT2D eigenvalue weighted by atomic mass is 9.93. The minimum Gasteiger partial charge on any atom is -0.496 e. The van der Waals surface area contributed by atoms with Crippen molar-refractivity contribution < 1.29 is 9.53 Å². The summed E-state index contributed by atoms with van der Waals surface area (Å²) < 4.78 is 5.32. The number of benzene rings is 1. The fourth-order valence-electron chi connectivity index (χ4n) is 2.57. The minimum absolute atomic E-state index is 0.141. The molecule has 0 N–H and O–H groups in total. The van der Waals surface area contributed by atoms with Crippen molar-refractivity contribution >= 4 is 5.78 Å². The van der Waals surface area contributed by atoms with Crippen LogP contribution in [0.25, 0.3) is 0 Å². The highest BCUT2D eigenvalue weighted by molar-refractivity contribution is 6.10. The summed E-state index contributed by atoms with van der Waals surface area (Å²) >= 11 is 0. The van der Waals surface area contributed by atoms with Crippen molar-refractivity contribution in [3.05, 3.63) is 41.0 Å². The van der Waals surface area contributed by atoms with Crippen LogP contribution in [0, 0.1) is 6.92 Å². The number of methoxy groups -OCH3 is 1. The quantitative estimate of drug-likeness (QED) is 0.748. The Balaban J connectivity index is 2.29. The van der Waals surface area contributed by atoms with Crippen molar-refractivity contribution in [1.82, 2.24) is 0 Å². The maximum atomic E-state index is 12.6. The van der Waals surface area contributed by atoms with E-state index in [4.69, 9.17) is 4.74 Å². The van der Waals surface area contributed by atoms with E-state index in [2.05, 4.69) is 6.08 Å². The number of hydrogen-bond acceptors (Lipinski definition) is 2. The topological polar surface area (TPSA) is 26.3 Å². The molecule has 0 saturated heterocycles. The van der Waals surface area contributed by atoms with E-state index in [0.717, 1.165) is 30.4 Å². The second kappa shape index (κ2) is 6.55. The van der Waals surface area contributed by atoms with Crippen molar-refractivity contribution in [2.45, 2.75) is 45.4 Å². The molecule has 0 heterocycles. The van der Waals surface area contributed by atoms with Gasteiger partial charge < -0.3 is 4.74 Å². The highest BCUT2D eigenvalue weighted by atomic mass is 16.5. The first-order valence-corrected chi connectivity index (χ1v) is 7.11. The van der Waals surface area contributed by atoms with Crippen LogP contribution in [0.5, 0.6) is 5.75 Å². The summed E-state index contributed by atoms with van der Waals surface area (Å²) in [5, 5.41) is 0. The Kier molecular flexibility index (Phi) is 4.78. The SMILES string of the molecule is COc1ccc(C)cc1C(=O)/C1=C/CCCCCC1. The average Bonchev–Trinajstić information content (AvgIpc) is 2.37. The highest BCUT2D eigenvalue weighted by Gasteiger charge is 2.17. The van der Waals surface area contributed by atoms with Gasteiger partial charge >= 0.3 is 0 Å². The van der Waals surface area contributed by atoms with Crippen LogP contribution < -0.4 is 4.74 Å². The number of carbonyl (C=O) groups is 1. The van der Waals surface area contributed by atoms with Crippen molar-refractivity contribution in [3.8, 4) is 5.75 Å². The standard InChI is InChI=1S/C17H22O2/c1-13-10-11-16(19-2)15(12-13)17(18)14-8-6-4-3-5-7-9-14/h8,10-12H,3-7,9H2,1-2H3/b14-8+. The van der Waals surface area contributed by atoms with Gasteiger partial charge in [0.05, 0.1) is 12.7 Å². The summed E-state index contributed by atoms with van der Waals surface area (Å²) in [6.45, 7) is 2.00. The van der Waals surface area contributed by atoms with Crippen molar-refractivity contribution in [2.24, 2.45) is 0 Å². The molecule has 1 aromatic carbocycles. The first-order valence-electron chi connectivity index (χ1n) is 7.11. The Hall–Kier alpha value is -1.57. The zero-order valence-electron chi connectivity index (χ0n) is 11.9. The number of allylic oxidation sites excluding steroid dienone is 2. The van der Waals surface area contributed by atoms with E-state index >= 15 is 0 Å². The van der Waals surface area contributed by atoms with Crippen molar-refractivity contribution in [1.29, 1.82) is 0 Å². The average molecular weight is 258 g/mol. The van der Waals surface area contributed by atoms with Gasteiger partial charge in [0.2, 0.25) is 0 Å². The summed E-state index contributed by atoms with van der Waals surface area (Å²) in [4.78, 5) is 12.6. The van der Waals surface area contributed by atoms with E-state index in [1.54, 1.807) is 7.11 Å². The molecule has 0 spiro atoms. The molecule has 0 unspecified atom stereocenters. The molecule has 0 atom stereocenters. The van der Waals surface area contributed by atoms with Crippen LogP contribution in [0.2, 0.25) is 0 Å². The van der Waals surface area contributed by atoms with Gasteiger partial charge in [0.15, 0.2) is 5.78 Å². The van der Waals surface area contributed by atoms with E-state index in [1.807, 2.05) is 25.1 Å². The fourth-order valence-corrected chi connectivity index (χ4v) is 2.57. The van der Waals surface area contributed by atoms with E-state index in [1.165, 1.54) is 19.3 Å². The third kappa shape index (κ3) is 3.46. The van der Waals surface area contributed by atoms with Gasteiger partial charge in [-0.05, 0) is 50.3 Å². The molecule has 1 aromatic rings. The molecule has 0 aromatic heterocycles. The molecule has 102 valence electrons. The molecule has 1 aliphatic rings. The molecule has 0 aliphatic heterocycles. The monoisotopic (exact) mass is 258 g/mol. The number of hydrogen-bond donors (Lipinski definition) is 0. The molecule has 0 radical (unpaired) electrons. The molecular weight excluding hydrogens is 236 g/mol. The minimum atomic E-state index is 0.141. The van der Waals surface area contributed by atoms with Crippen LogP contribution in [-0.4, -0.2) is 12.9 Å². The number of Topliss-reactive ketones (excluding diaryl/α,β-unsaturated/α-hetero) is 1. The van der Waals surface area contributed by atoms with Gasteiger partial charge in [0.1, 0.15) is 5.75 Å². The normalized spacial score (nSPS) is 18.9. The Morgan fingerprint density at radius 2 is 1.95 bits per heavy atom. The first-order chi connectivity index (χ1) is 9.22. The predicted octanol–water partition coefficient (Wildman–Crippen LogP) is 4.47. The second-order valence-corrected chi connectivity index (χ2v) is 5.22. The lowest BCUT2D eigenvalue weighted by Crippen LogP contribution is -2.07. The van der Waals surface area contributed by atoms with Gasteiger partial charge in [-0.3, -0.25) is 4.79 Å². The maximum Gasteiger partial charge on any atom is 0.192 e. The molecule has 19 heavy (non-hydrogen) atoms. The number of ether oxygens (including phenoxy) is 1. The Morgan fingerprint density at radius 3 is 2.74 bits per heavy atom. The lowest BCUT2D eigenvalue weighted by molar-refractivity contribution is 0.102. The van der Waals surface area contributed by atoms with Crippen LogP contribution in [0.4, 0.5) is 0 Å². The number of ketones is 1. The predicted molar refractivity (Wildman–Crippen MR) is 77.8 cm³/mol. The van der Waals surface area contributed by atoms with Gasteiger partial charge in [-0.1, -0.05) is 30.5 Å². The van der Waals surface area contributed by atoms with E-state index in [-0.39, 0.29) is 5.78 Å². The summed E-state index contributed by atoms with van der Waals surface area (Å²) in [6.07, 6.45) is 8.88. The number of carbonyl (C=O) groups excluding carboxylic acids is 1. The van der Waals surface area contributed by atoms with Gasteiger partial charge in [-0.25, -0.2) is 0 Å².